The average Bonchev–Trinajstić information content (AvgIpc) is 2.64. The highest BCUT2D eigenvalue weighted by Gasteiger charge is 2.61. The van der Waals surface area contributed by atoms with Crippen molar-refractivity contribution in [1.29, 1.82) is 0 Å². The van der Waals surface area contributed by atoms with Crippen LogP contribution >= 0.6 is 0 Å². The second-order valence-electron chi connectivity index (χ2n) is 7.51. The van der Waals surface area contributed by atoms with Gasteiger partial charge < -0.3 is 0 Å². The average molecular weight is 233 g/mol. The van der Waals surface area contributed by atoms with Gasteiger partial charge in [-0.15, -0.1) is 0 Å². The summed E-state index contributed by atoms with van der Waals surface area (Å²) in [5.74, 6) is 4.38. The molecule has 1 heteroatoms. The molecule has 4 bridgehead atoms. The molecule has 5 fully saturated rings. The lowest BCUT2D eigenvalue weighted by Crippen LogP contribution is -2.63. The van der Waals surface area contributed by atoms with Gasteiger partial charge in [0.1, 0.15) is 0 Å². The third kappa shape index (κ3) is 1.25. The van der Waals surface area contributed by atoms with E-state index in [0.717, 1.165) is 29.7 Å². The van der Waals surface area contributed by atoms with Crippen LogP contribution in [-0.2, 0) is 0 Å². The van der Waals surface area contributed by atoms with Crippen molar-refractivity contribution >= 4 is 0 Å². The minimum atomic E-state index is 0.661. The van der Waals surface area contributed by atoms with E-state index < -0.39 is 0 Å². The molecule has 1 nitrogen and oxygen atoms in total. The van der Waals surface area contributed by atoms with E-state index in [1.807, 2.05) is 0 Å². The third-order valence-electron chi connectivity index (χ3n) is 7.11. The van der Waals surface area contributed by atoms with E-state index in [2.05, 4.69) is 18.9 Å². The van der Waals surface area contributed by atoms with Crippen molar-refractivity contribution in [2.24, 2.45) is 23.7 Å². The molecule has 0 radical (unpaired) electrons. The quantitative estimate of drug-likeness (QED) is 0.668. The maximum Gasteiger partial charge on any atom is 0.0266 e. The van der Waals surface area contributed by atoms with Crippen LogP contribution in [0, 0.1) is 23.7 Å². The molecule has 5 aliphatic rings. The molecule has 1 heterocycles. The van der Waals surface area contributed by atoms with Crippen molar-refractivity contribution < 1.29 is 0 Å². The Labute approximate surface area is 106 Å². The number of hydrogen-bond donors (Lipinski definition) is 0. The van der Waals surface area contributed by atoms with Crippen LogP contribution in [0.1, 0.15) is 58.3 Å². The summed E-state index contributed by atoms with van der Waals surface area (Å²) in [6, 6.07) is 0.896. The Balaban J connectivity index is 1.69. The second-order valence-corrected chi connectivity index (χ2v) is 7.51. The predicted octanol–water partition coefficient (Wildman–Crippen LogP) is 3.69. The van der Waals surface area contributed by atoms with Crippen LogP contribution in [0.5, 0.6) is 0 Å². The molecule has 0 amide bonds. The predicted molar refractivity (Wildman–Crippen MR) is 70.9 cm³/mol. The summed E-state index contributed by atoms with van der Waals surface area (Å²) in [6.45, 7) is 2.39. The third-order valence-corrected chi connectivity index (χ3v) is 7.11. The van der Waals surface area contributed by atoms with Crippen LogP contribution in [0.25, 0.3) is 0 Å². The van der Waals surface area contributed by atoms with Gasteiger partial charge in [-0.1, -0.05) is 6.92 Å². The Morgan fingerprint density at radius 2 is 1.59 bits per heavy atom. The maximum atomic E-state index is 2.86. The van der Waals surface area contributed by atoms with Crippen LogP contribution in [0.4, 0.5) is 0 Å². The summed E-state index contributed by atoms with van der Waals surface area (Å²) in [7, 11) is 2.46. The fraction of sp³-hybridized carbons (Fsp3) is 1.00. The van der Waals surface area contributed by atoms with E-state index in [4.69, 9.17) is 0 Å². The number of rotatable bonds is 1. The van der Waals surface area contributed by atoms with E-state index in [-0.39, 0.29) is 0 Å². The van der Waals surface area contributed by atoms with Crippen molar-refractivity contribution in [1.82, 2.24) is 4.90 Å². The number of likely N-dealkylation sites (tertiary alicyclic amines) is 1. The van der Waals surface area contributed by atoms with Gasteiger partial charge in [-0.05, 0) is 82.1 Å². The van der Waals surface area contributed by atoms with E-state index in [1.165, 1.54) is 19.3 Å². The van der Waals surface area contributed by atoms with Gasteiger partial charge in [0, 0.05) is 11.6 Å². The second kappa shape index (κ2) is 3.50. The van der Waals surface area contributed by atoms with Gasteiger partial charge in [0.2, 0.25) is 0 Å². The smallest absolute Gasteiger partial charge is 0.0266 e. The topological polar surface area (TPSA) is 3.24 Å². The first-order valence-electron chi connectivity index (χ1n) is 7.97. The molecule has 4 saturated carbocycles. The normalized spacial score (nSPS) is 57.2. The highest BCUT2D eigenvalue weighted by Crippen LogP contribution is 2.63. The Kier molecular flexibility index (Phi) is 2.23. The molecule has 17 heavy (non-hydrogen) atoms. The first kappa shape index (κ1) is 10.8. The minimum Gasteiger partial charge on any atom is -0.297 e. The zero-order chi connectivity index (χ0) is 11.6. The SMILES string of the molecule is CCC1CCC2(C3CC4CC(C3)CC2C4)N1C. The Bertz CT molecular complexity index is 293. The van der Waals surface area contributed by atoms with Crippen molar-refractivity contribution in [3.05, 3.63) is 0 Å². The van der Waals surface area contributed by atoms with Crippen LogP contribution < -0.4 is 0 Å². The number of nitrogens with zero attached hydrogens (tertiary/aromatic N) is 1. The van der Waals surface area contributed by atoms with Crippen molar-refractivity contribution in [3.8, 4) is 0 Å². The molecule has 96 valence electrons. The van der Waals surface area contributed by atoms with Gasteiger partial charge in [-0.2, -0.15) is 0 Å². The van der Waals surface area contributed by atoms with E-state index in [9.17, 15) is 0 Å². The van der Waals surface area contributed by atoms with E-state index in [1.54, 1.807) is 32.1 Å². The summed E-state index contributed by atoms with van der Waals surface area (Å²) < 4.78 is 0. The molecule has 1 unspecified atom stereocenters. The molecule has 1 spiro atoms. The van der Waals surface area contributed by atoms with Crippen molar-refractivity contribution in [3.63, 3.8) is 0 Å². The van der Waals surface area contributed by atoms with Crippen LogP contribution in [-0.4, -0.2) is 23.5 Å². The van der Waals surface area contributed by atoms with Gasteiger partial charge >= 0.3 is 0 Å². The Morgan fingerprint density at radius 1 is 1.00 bits per heavy atom. The highest BCUT2D eigenvalue weighted by molar-refractivity contribution is 5.14. The van der Waals surface area contributed by atoms with Gasteiger partial charge in [0.05, 0.1) is 0 Å². The standard InChI is InChI=1S/C16H27N/c1-3-15-4-5-16(17(15)2)13-7-11-6-12(9-13)10-14(16)8-11/h11-15H,3-10H2,1-2H3. The molecule has 4 aliphatic carbocycles. The van der Waals surface area contributed by atoms with Crippen LogP contribution in [0.15, 0.2) is 0 Å². The summed E-state index contributed by atoms with van der Waals surface area (Å²) in [5.41, 5.74) is 0.661. The fourth-order valence-corrected chi connectivity index (χ4v) is 6.57. The monoisotopic (exact) mass is 233 g/mol. The molecule has 5 rings (SSSR count). The van der Waals surface area contributed by atoms with E-state index in [0.29, 0.717) is 5.54 Å². The van der Waals surface area contributed by atoms with Gasteiger partial charge in [-0.25, -0.2) is 0 Å². The van der Waals surface area contributed by atoms with Gasteiger partial charge in [-0.3, -0.25) is 4.90 Å². The molecule has 0 aromatic heterocycles. The first-order chi connectivity index (χ1) is 8.24. The van der Waals surface area contributed by atoms with E-state index >= 15 is 0 Å². The van der Waals surface area contributed by atoms with Crippen LogP contribution in [0.2, 0.25) is 0 Å². The molecule has 1 aliphatic heterocycles. The largest absolute Gasteiger partial charge is 0.297 e. The first-order valence-corrected chi connectivity index (χ1v) is 7.97. The lowest BCUT2D eigenvalue weighted by molar-refractivity contribution is -0.118. The van der Waals surface area contributed by atoms with Crippen molar-refractivity contribution in [2.45, 2.75) is 69.9 Å². The molecule has 0 N–H and O–H groups in total. The molecule has 0 aromatic carbocycles. The summed E-state index contributed by atoms with van der Waals surface area (Å²) in [4.78, 5) is 2.86. The van der Waals surface area contributed by atoms with Crippen LogP contribution in [0.3, 0.4) is 0 Å². The summed E-state index contributed by atoms with van der Waals surface area (Å²) >= 11 is 0. The summed E-state index contributed by atoms with van der Waals surface area (Å²) in [6.07, 6.45) is 12.3. The molecular weight excluding hydrogens is 206 g/mol. The molecule has 1 saturated heterocycles. The lowest BCUT2D eigenvalue weighted by atomic mass is 9.48. The van der Waals surface area contributed by atoms with Gasteiger partial charge in [0.25, 0.3) is 0 Å². The molecular formula is C16H27N. The minimum absolute atomic E-state index is 0.661. The fourth-order valence-electron chi connectivity index (χ4n) is 6.57. The number of hydrogen-bond acceptors (Lipinski definition) is 1. The summed E-state index contributed by atoms with van der Waals surface area (Å²) in [5, 5.41) is 0. The highest BCUT2D eigenvalue weighted by atomic mass is 15.2. The molecule has 1 atom stereocenters. The lowest BCUT2D eigenvalue weighted by Gasteiger charge is -2.63. The zero-order valence-corrected chi connectivity index (χ0v) is 11.5. The molecule has 0 aromatic rings. The Hall–Kier alpha value is -0.0400. The Morgan fingerprint density at radius 3 is 2.06 bits per heavy atom. The maximum absolute atomic E-state index is 2.86. The van der Waals surface area contributed by atoms with Gasteiger partial charge in [0.15, 0.2) is 0 Å². The van der Waals surface area contributed by atoms with Crippen molar-refractivity contribution in [2.75, 3.05) is 7.05 Å². The zero-order valence-electron chi connectivity index (χ0n) is 11.5.